The van der Waals surface area contributed by atoms with E-state index in [2.05, 4.69) is 25.4 Å². The van der Waals surface area contributed by atoms with Gasteiger partial charge >= 0.3 is 6.18 Å². The van der Waals surface area contributed by atoms with Gasteiger partial charge in [-0.05, 0) is 36.4 Å². The molecule has 136 valence electrons. The lowest BCUT2D eigenvalue weighted by Crippen LogP contribution is -2.05. The van der Waals surface area contributed by atoms with Crippen molar-refractivity contribution in [2.24, 2.45) is 0 Å². The van der Waals surface area contributed by atoms with Crippen molar-refractivity contribution in [2.45, 2.75) is 6.18 Å². The molecule has 4 rings (SSSR count). The minimum absolute atomic E-state index is 0.295. The molecular formula is C17H10ClF3N6. The number of rotatable bonds is 3. The maximum absolute atomic E-state index is 12.6. The Morgan fingerprint density at radius 2 is 1.78 bits per heavy atom. The predicted molar refractivity (Wildman–Crippen MR) is 93.7 cm³/mol. The molecule has 3 heterocycles. The fourth-order valence-corrected chi connectivity index (χ4v) is 2.66. The van der Waals surface area contributed by atoms with Gasteiger partial charge in [0.1, 0.15) is 11.4 Å². The van der Waals surface area contributed by atoms with Crippen LogP contribution in [0.1, 0.15) is 5.56 Å². The van der Waals surface area contributed by atoms with E-state index in [0.717, 1.165) is 12.1 Å². The number of fused-ring (bicyclic) bond motifs is 1. The minimum Gasteiger partial charge on any atom is -0.339 e. The van der Waals surface area contributed by atoms with Gasteiger partial charge in [-0.1, -0.05) is 11.6 Å². The minimum atomic E-state index is -4.38. The van der Waals surface area contributed by atoms with Gasteiger partial charge in [-0.25, -0.2) is 9.97 Å². The second-order valence-corrected chi connectivity index (χ2v) is 5.94. The summed E-state index contributed by atoms with van der Waals surface area (Å²) in [5, 5.41) is 7.66. The Morgan fingerprint density at radius 1 is 1.00 bits per heavy atom. The molecule has 6 nitrogen and oxygen atoms in total. The molecule has 0 saturated heterocycles. The van der Waals surface area contributed by atoms with Crippen molar-refractivity contribution in [1.82, 2.24) is 24.6 Å². The highest BCUT2D eigenvalue weighted by Gasteiger charge is 2.29. The van der Waals surface area contributed by atoms with Gasteiger partial charge in [0.05, 0.1) is 23.0 Å². The maximum atomic E-state index is 12.6. The number of halogens is 4. The highest BCUT2D eigenvalue weighted by molar-refractivity contribution is 6.32. The number of alkyl halides is 3. The van der Waals surface area contributed by atoms with Crippen molar-refractivity contribution in [1.29, 1.82) is 0 Å². The van der Waals surface area contributed by atoms with Crippen molar-refractivity contribution in [3.8, 4) is 11.4 Å². The number of benzene rings is 1. The zero-order valence-corrected chi connectivity index (χ0v) is 14.2. The summed E-state index contributed by atoms with van der Waals surface area (Å²) in [7, 11) is 0. The molecule has 0 unspecified atom stereocenters. The van der Waals surface area contributed by atoms with Gasteiger partial charge in [0, 0.05) is 11.9 Å². The lowest BCUT2D eigenvalue weighted by molar-refractivity contribution is -0.137. The van der Waals surface area contributed by atoms with Crippen LogP contribution in [0.3, 0.4) is 0 Å². The fourth-order valence-electron chi connectivity index (χ4n) is 2.44. The van der Waals surface area contributed by atoms with Crippen molar-refractivity contribution >= 4 is 28.9 Å². The summed E-state index contributed by atoms with van der Waals surface area (Å²) < 4.78 is 39.4. The molecule has 1 aromatic carbocycles. The largest absolute Gasteiger partial charge is 0.416 e. The summed E-state index contributed by atoms with van der Waals surface area (Å²) in [5.41, 5.74) is 0.681. The molecular weight excluding hydrogens is 381 g/mol. The standard InChI is InChI=1S/C17H10ClF3N6/c18-12-2-1-7-22-15(12)13-8-24-27-14(9-23-16(27)26-13)25-11-5-3-10(4-6-11)17(19,20)21/h1-9,25H. The summed E-state index contributed by atoms with van der Waals surface area (Å²) in [4.78, 5) is 12.7. The Morgan fingerprint density at radius 3 is 2.48 bits per heavy atom. The Labute approximate surface area is 155 Å². The van der Waals surface area contributed by atoms with Gasteiger partial charge in [-0.3, -0.25) is 4.98 Å². The number of pyridine rings is 1. The summed E-state index contributed by atoms with van der Waals surface area (Å²) in [6.07, 6.45) is 0.185. The molecule has 0 radical (unpaired) electrons. The average molecular weight is 391 g/mol. The van der Waals surface area contributed by atoms with Crippen molar-refractivity contribution in [3.05, 3.63) is 65.6 Å². The van der Waals surface area contributed by atoms with Crippen LogP contribution in [0.15, 0.2) is 55.0 Å². The van der Waals surface area contributed by atoms with E-state index >= 15 is 0 Å². The zero-order valence-electron chi connectivity index (χ0n) is 13.4. The summed E-state index contributed by atoms with van der Waals surface area (Å²) in [6, 6.07) is 8.06. The van der Waals surface area contributed by atoms with Gasteiger partial charge < -0.3 is 5.32 Å². The average Bonchev–Trinajstić information content (AvgIpc) is 3.04. The molecule has 0 saturated carbocycles. The normalized spacial score (nSPS) is 11.7. The predicted octanol–water partition coefficient (Wildman–Crippen LogP) is 4.60. The molecule has 0 fully saturated rings. The fraction of sp³-hybridized carbons (Fsp3) is 0.0588. The molecule has 1 N–H and O–H groups in total. The monoisotopic (exact) mass is 390 g/mol. The quantitative estimate of drug-likeness (QED) is 0.553. The molecule has 4 aromatic rings. The van der Waals surface area contributed by atoms with E-state index in [1.54, 1.807) is 18.3 Å². The molecule has 3 aromatic heterocycles. The first kappa shape index (κ1) is 17.2. The number of nitrogens with one attached hydrogen (secondary N) is 1. The SMILES string of the molecule is FC(F)(F)c1ccc(Nc2cnc3nc(-c4ncccc4Cl)cnn23)cc1. The van der Waals surface area contributed by atoms with E-state index in [4.69, 9.17) is 11.6 Å². The highest BCUT2D eigenvalue weighted by Crippen LogP contribution is 2.30. The maximum Gasteiger partial charge on any atom is 0.416 e. The number of anilines is 2. The van der Waals surface area contributed by atoms with Crippen LogP contribution in [-0.4, -0.2) is 24.6 Å². The molecule has 0 aliphatic carbocycles. The Hall–Kier alpha value is -3.20. The topological polar surface area (TPSA) is 68.0 Å². The first-order chi connectivity index (χ1) is 12.9. The van der Waals surface area contributed by atoms with Crippen LogP contribution in [0.2, 0.25) is 5.02 Å². The van der Waals surface area contributed by atoms with Gasteiger partial charge in [-0.2, -0.15) is 22.8 Å². The van der Waals surface area contributed by atoms with Gasteiger partial charge in [-0.15, -0.1) is 0 Å². The van der Waals surface area contributed by atoms with E-state index in [1.165, 1.54) is 29.0 Å². The molecule has 0 spiro atoms. The molecule has 0 aliphatic rings. The molecule has 0 atom stereocenters. The third kappa shape index (κ3) is 3.41. The Kier molecular flexibility index (Phi) is 4.15. The van der Waals surface area contributed by atoms with Crippen molar-refractivity contribution < 1.29 is 13.2 Å². The number of imidazole rings is 1. The highest BCUT2D eigenvalue weighted by atomic mass is 35.5. The van der Waals surface area contributed by atoms with Crippen LogP contribution >= 0.6 is 11.6 Å². The Balaban J connectivity index is 1.63. The first-order valence-electron chi connectivity index (χ1n) is 7.68. The number of hydrogen-bond donors (Lipinski definition) is 1. The van der Waals surface area contributed by atoms with Crippen LogP contribution < -0.4 is 5.32 Å². The third-order valence-electron chi connectivity index (χ3n) is 3.72. The van der Waals surface area contributed by atoms with E-state index in [1.807, 2.05) is 0 Å². The van der Waals surface area contributed by atoms with Crippen LogP contribution in [0.5, 0.6) is 0 Å². The first-order valence-corrected chi connectivity index (χ1v) is 8.05. The van der Waals surface area contributed by atoms with E-state index in [0.29, 0.717) is 33.7 Å². The van der Waals surface area contributed by atoms with E-state index < -0.39 is 11.7 Å². The molecule has 10 heteroatoms. The smallest absolute Gasteiger partial charge is 0.339 e. The summed E-state index contributed by atoms with van der Waals surface area (Å²) in [6.45, 7) is 0. The lowest BCUT2D eigenvalue weighted by atomic mass is 10.2. The lowest BCUT2D eigenvalue weighted by Gasteiger charge is -2.09. The van der Waals surface area contributed by atoms with E-state index in [9.17, 15) is 13.2 Å². The van der Waals surface area contributed by atoms with Crippen LogP contribution in [0, 0.1) is 0 Å². The van der Waals surface area contributed by atoms with Crippen LogP contribution in [0.25, 0.3) is 17.2 Å². The third-order valence-corrected chi connectivity index (χ3v) is 4.03. The van der Waals surface area contributed by atoms with Crippen LogP contribution in [0.4, 0.5) is 24.7 Å². The number of hydrogen-bond acceptors (Lipinski definition) is 5. The van der Waals surface area contributed by atoms with Crippen LogP contribution in [-0.2, 0) is 6.18 Å². The zero-order chi connectivity index (χ0) is 19.0. The Bertz CT molecular complexity index is 1110. The van der Waals surface area contributed by atoms with E-state index in [-0.39, 0.29) is 0 Å². The van der Waals surface area contributed by atoms with Gasteiger partial charge in [0.2, 0.25) is 0 Å². The van der Waals surface area contributed by atoms with Gasteiger partial charge in [0.15, 0.2) is 5.82 Å². The second kappa shape index (κ2) is 6.51. The van der Waals surface area contributed by atoms with Crippen molar-refractivity contribution in [2.75, 3.05) is 5.32 Å². The molecule has 0 aliphatic heterocycles. The molecule has 27 heavy (non-hydrogen) atoms. The molecule has 0 bridgehead atoms. The summed E-state index contributed by atoms with van der Waals surface area (Å²) >= 11 is 6.12. The summed E-state index contributed by atoms with van der Waals surface area (Å²) in [5.74, 6) is 0.750. The van der Waals surface area contributed by atoms with Gasteiger partial charge in [0.25, 0.3) is 5.78 Å². The van der Waals surface area contributed by atoms with Crippen molar-refractivity contribution in [3.63, 3.8) is 0 Å². The molecule has 0 amide bonds. The number of aromatic nitrogens is 5. The number of nitrogens with zero attached hydrogens (tertiary/aromatic N) is 5. The second-order valence-electron chi connectivity index (χ2n) is 5.53.